The van der Waals surface area contributed by atoms with Crippen molar-refractivity contribution in [3.63, 3.8) is 0 Å². The zero-order valence-corrected chi connectivity index (χ0v) is 17.0. The molecule has 10 heteroatoms. The summed E-state index contributed by atoms with van der Waals surface area (Å²) in [6.07, 6.45) is 6.97. The lowest BCUT2D eigenvalue weighted by Crippen LogP contribution is -2.49. The molecule has 0 unspecified atom stereocenters. The van der Waals surface area contributed by atoms with E-state index in [9.17, 15) is 22.7 Å². The molecule has 1 aromatic heterocycles. The zero-order chi connectivity index (χ0) is 22.3. The maximum Gasteiger partial charge on any atom is 0.272 e. The monoisotopic (exact) mass is 430 g/mol. The molecular weight excluding hydrogens is 411 g/mol. The second kappa shape index (κ2) is 7.58. The van der Waals surface area contributed by atoms with Gasteiger partial charge in [-0.1, -0.05) is 5.92 Å². The smallest absolute Gasteiger partial charge is 0.272 e. The van der Waals surface area contributed by atoms with Crippen molar-refractivity contribution >= 4 is 21.6 Å². The Bertz CT molecular complexity index is 1220. The summed E-state index contributed by atoms with van der Waals surface area (Å²) in [5.74, 6) is 0.845. The molecule has 0 aliphatic carbocycles. The van der Waals surface area contributed by atoms with Gasteiger partial charge in [-0.25, -0.2) is 17.5 Å². The van der Waals surface area contributed by atoms with Gasteiger partial charge in [-0.05, 0) is 38.0 Å². The Balaban J connectivity index is 1.99. The average molecular weight is 430 g/mol. The van der Waals surface area contributed by atoms with Crippen molar-refractivity contribution in [2.45, 2.75) is 36.3 Å². The molecule has 1 aliphatic rings. The van der Waals surface area contributed by atoms with Gasteiger partial charge in [0.2, 0.25) is 10.0 Å². The number of benzene rings is 1. The lowest BCUT2D eigenvalue weighted by molar-refractivity contribution is 0.0827. The number of fused-ring (bicyclic) bond motifs is 1. The van der Waals surface area contributed by atoms with Crippen LogP contribution in [0.4, 0.5) is 10.1 Å². The number of aryl methyl sites for hydroxylation is 1. The zero-order valence-electron chi connectivity index (χ0n) is 16.2. The van der Waals surface area contributed by atoms with Crippen LogP contribution in [0.1, 0.15) is 35.0 Å². The van der Waals surface area contributed by atoms with E-state index >= 15 is 0 Å². The number of nitriles is 1. The summed E-state index contributed by atoms with van der Waals surface area (Å²) in [7, 11) is -2.52. The second-order valence-electron chi connectivity index (χ2n) is 7.20. The van der Waals surface area contributed by atoms with Crippen molar-refractivity contribution in [1.82, 2.24) is 9.29 Å². The summed E-state index contributed by atoms with van der Waals surface area (Å²) in [6.45, 7) is 1.34. The standard InChI is InChI=1S/C20H19FN4O4S/c1-4-20(2,27)17-8-6-14-16(30(28,29)24-17)11-25(3)18(14)19(26)23-13-5-7-15(21)12(9-13)10-22/h1,5,7,9,11,17,24,27H,6,8H2,2-3H3,(H,23,26)/t17-,20-/m1/s1. The fourth-order valence-electron chi connectivity index (χ4n) is 3.39. The van der Waals surface area contributed by atoms with Crippen molar-refractivity contribution in [2.24, 2.45) is 7.05 Å². The molecule has 0 fully saturated rings. The van der Waals surface area contributed by atoms with Gasteiger partial charge < -0.3 is 15.0 Å². The van der Waals surface area contributed by atoms with E-state index in [0.717, 1.165) is 6.07 Å². The first-order valence-electron chi connectivity index (χ1n) is 8.92. The van der Waals surface area contributed by atoms with Crippen molar-refractivity contribution < 1.29 is 22.7 Å². The number of terminal acetylenes is 1. The fraction of sp³-hybridized carbons (Fsp3) is 0.300. The van der Waals surface area contributed by atoms with Gasteiger partial charge in [0.15, 0.2) is 0 Å². The molecule has 156 valence electrons. The number of rotatable bonds is 3. The van der Waals surface area contributed by atoms with Crippen molar-refractivity contribution in [1.29, 1.82) is 5.26 Å². The number of halogens is 1. The van der Waals surface area contributed by atoms with Gasteiger partial charge in [0.1, 0.15) is 28.1 Å². The quantitative estimate of drug-likeness (QED) is 0.633. The second-order valence-corrected chi connectivity index (χ2v) is 8.88. The van der Waals surface area contributed by atoms with E-state index < -0.39 is 33.4 Å². The Morgan fingerprint density at radius 1 is 1.50 bits per heavy atom. The number of anilines is 1. The van der Waals surface area contributed by atoms with Gasteiger partial charge in [-0.2, -0.15) is 5.26 Å². The topological polar surface area (TPSA) is 124 Å². The average Bonchev–Trinajstić information content (AvgIpc) is 2.97. The van der Waals surface area contributed by atoms with E-state index in [1.807, 2.05) is 0 Å². The third-order valence-corrected chi connectivity index (χ3v) is 6.57. The fourth-order valence-corrected chi connectivity index (χ4v) is 5.06. The van der Waals surface area contributed by atoms with E-state index in [2.05, 4.69) is 16.0 Å². The highest BCUT2D eigenvalue weighted by atomic mass is 32.2. The van der Waals surface area contributed by atoms with Crippen molar-refractivity contribution in [3.8, 4) is 18.4 Å². The summed E-state index contributed by atoms with van der Waals surface area (Å²) >= 11 is 0. The largest absolute Gasteiger partial charge is 0.376 e. The molecule has 1 aromatic carbocycles. The predicted molar refractivity (Wildman–Crippen MR) is 106 cm³/mol. The molecule has 3 N–H and O–H groups in total. The molecule has 3 rings (SSSR count). The maximum atomic E-state index is 13.5. The molecular formula is C20H19FN4O4S. The number of amides is 1. The highest BCUT2D eigenvalue weighted by Crippen LogP contribution is 2.30. The van der Waals surface area contributed by atoms with Crippen LogP contribution in [0.5, 0.6) is 0 Å². The minimum absolute atomic E-state index is 0.0812. The van der Waals surface area contributed by atoms with Crippen LogP contribution >= 0.6 is 0 Å². The highest BCUT2D eigenvalue weighted by Gasteiger charge is 2.39. The summed E-state index contributed by atoms with van der Waals surface area (Å²) in [5.41, 5.74) is -1.37. The maximum absolute atomic E-state index is 13.5. The van der Waals surface area contributed by atoms with E-state index in [1.54, 1.807) is 6.07 Å². The van der Waals surface area contributed by atoms with Crippen LogP contribution in [0.2, 0.25) is 0 Å². The minimum atomic E-state index is -4.04. The molecule has 8 nitrogen and oxygen atoms in total. The van der Waals surface area contributed by atoms with E-state index in [0.29, 0.717) is 0 Å². The first-order chi connectivity index (χ1) is 14.0. The van der Waals surface area contributed by atoms with Gasteiger partial charge in [-0.15, -0.1) is 6.42 Å². The third-order valence-electron chi connectivity index (χ3n) is 5.05. The number of hydrogen-bond donors (Lipinski definition) is 3. The number of hydrogen-bond acceptors (Lipinski definition) is 5. The molecule has 30 heavy (non-hydrogen) atoms. The number of sulfonamides is 1. The lowest BCUT2D eigenvalue weighted by atomic mass is 9.92. The Morgan fingerprint density at radius 2 is 2.20 bits per heavy atom. The van der Waals surface area contributed by atoms with Crippen LogP contribution < -0.4 is 10.0 Å². The van der Waals surface area contributed by atoms with Gasteiger partial charge in [0.05, 0.1) is 11.6 Å². The number of nitrogens with zero attached hydrogens (tertiary/aromatic N) is 2. The highest BCUT2D eigenvalue weighted by molar-refractivity contribution is 7.89. The van der Waals surface area contributed by atoms with Crippen LogP contribution in [-0.4, -0.2) is 35.6 Å². The normalized spacial score (nSPS) is 19.5. The summed E-state index contributed by atoms with van der Waals surface area (Å²) in [5, 5.41) is 21.8. The third kappa shape index (κ3) is 3.81. The van der Waals surface area contributed by atoms with Crippen LogP contribution in [0.15, 0.2) is 29.3 Å². The molecule has 1 amide bonds. The number of carbonyl (C=O) groups excluding carboxylic acids is 1. The van der Waals surface area contributed by atoms with E-state index in [4.69, 9.17) is 11.7 Å². The molecule has 0 saturated heterocycles. The van der Waals surface area contributed by atoms with E-state index in [1.165, 1.54) is 36.9 Å². The molecule has 0 bridgehead atoms. The van der Waals surface area contributed by atoms with Crippen molar-refractivity contribution in [3.05, 3.63) is 47.0 Å². The molecule has 2 aromatic rings. The number of aliphatic hydroxyl groups is 1. The lowest BCUT2D eigenvalue weighted by Gasteiger charge is -2.27. The predicted octanol–water partition coefficient (Wildman–Crippen LogP) is 1.27. The first-order valence-corrected chi connectivity index (χ1v) is 10.4. The van der Waals surface area contributed by atoms with Gasteiger partial charge in [-0.3, -0.25) is 4.79 Å². The summed E-state index contributed by atoms with van der Waals surface area (Å²) in [4.78, 5) is 12.8. The van der Waals surface area contributed by atoms with Crippen molar-refractivity contribution in [2.75, 3.05) is 5.32 Å². The van der Waals surface area contributed by atoms with Gasteiger partial charge in [0, 0.05) is 24.5 Å². The Labute approximate surface area is 173 Å². The number of nitrogens with one attached hydrogen (secondary N) is 2. The SMILES string of the molecule is C#C[C@@](C)(O)[C@H]1CCc2c(cn(C)c2C(=O)Nc2ccc(F)c(C#N)c2)S(=O)(=O)N1. The minimum Gasteiger partial charge on any atom is -0.376 e. The summed E-state index contributed by atoms with van der Waals surface area (Å²) < 4.78 is 42.9. The first kappa shape index (κ1) is 21.5. The Morgan fingerprint density at radius 3 is 2.83 bits per heavy atom. The van der Waals surface area contributed by atoms with Gasteiger partial charge >= 0.3 is 0 Å². The number of aromatic nitrogens is 1. The Kier molecular flexibility index (Phi) is 5.44. The van der Waals surface area contributed by atoms with Crippen LogP contribution in [0, 0.1) is 29.5 Å². The summed E-state index contributed by atoms with van der Waals surface area (Å²) in [6, 6.07) is 4.30. The van der Waals surface area contributed by atoms with Crippen LogP contribution in [-0.2, 0) is 23.5 Å². The Hall–Kier alpha value is -3.18. The molecule has 2 heterocycles. The van der Waals surface area contributed by atoms with Crippen LogP contribution in [0.25, 0.3) is 0 Å². The number of carbonyl (C=O) groups is 1. The molecule has 0 spiro atoms. The molecule has 2 atom stereocenters. The van der Waals surface area contributed by atoms with Gasteiger partial charge in [0.25, 0.3) is 5.91 Å². The molecule has 1 aliphatic heterocycles. The van der Waals surface area contributed by atoms with E-state index in [-0.39, 0.29) is 40.2 Å². The molecule has 0 saturated carbocycles. The molecule has 0 radical (unpaired) electrons. The van der Waals surface area contributed by atoms with Crippen LogP contribution in [0.3, 0.4) is 0 Å².